The van der Waals surface area contributed by atoms with Crippen LogP contribution >= 0.6 is 0 Å². The van der Waals surface area contributed by atoms with Crippen molar-refractivity contribution in [3.05, 3.63) is 23.9 Å². The monoisotopic (exact) mass is 154 g/mol. The van der Waals surface area contributed by atoms with Crippen LogP contribution in [0.4, 0.5) is 0 Å². The molecule has 0 amide bonds. The van der Waals surface area contributed by atoms with Gasteiger partial charge in [0.1, 0.15) is 0 Å². The minimum absolute atomic E-state index is 0.887. The van der Waals surface area contributed by atoms with Gasteiger partial charge in [0.05, 0.1) is 0 Å². The molecule has 1 N–H and O–H groups in total. The lowest BCUT2D eigenvalue weighted by Crippen LogP contribution is -2.32. The van der Waals surface area contributed by atoms with Gasteiger partial charge in [0, 0.05) is 19.3 Å². The van der Waals surface area contributed by atoms with Gasteiger partial charge < -0.3 is 5.01 Å². The summed E-state index contributed by atoms with van der Waals surface area (Å²) in [5, 5.41) is 2.01. The SMILES string of the molecule is CC=CCNN(C)/C(C)=C/C. The Bertz CT molecular complexity index is 148. The molecule has 0 heterocycles. The van der Waals surface area contributed by atoms with Crippen LogP contribution < -0.4 is 5.43 Å². The maximum Gasteiger partial charge on any atom is 0.0330 e. The molecule has 0 aromatic rings. The second-order valence-electron chi connectivity index (χ2n) is 2.42. The molecule has 2 nitrogen and oxygen atoms in total. The first-order valence-electron chi connectivity index (χ1n) is 3.93. The van der Waals surface area contributed by atoms with Crippen LogP contribution in [-0.4, -0.2) is 18.6 Å². The van der Waals surface area contributed by atoms with Crippen molar-refractivity contribution in [2.45, 2.75) is 20.8 Å². The van der Waals surface area contributed by atoms with Crippen LogP contribution in [0, 0.1) is 0 Å². The highest BCUT2D eigenvalue weighted by atomic mass is 15.5. The fraction of sp³-hybridized carbons (Fsp3) is 0.556. The molecule has 0 spiro atoms. The maximum absolute atomic E-state index is 3.21. The molecule has 2 heteroatoms. The topological polar surface area (TPSA) is 15.3 Å². The summed E-state index contributed by atoms with van der Waals surface area (Å²) in [5.74, 6) is 0. The standard InChI is InChI=1S/C9H18N2/c1-5-7-8-10-11(4)9(3)6-2/h5-7,10H,8H2,1-4H3/b7-5?,9-6+. The summed E-state index contributed by atoms with van der Waals surface area (Å²) in [7, 11) is 2.01. The summed E-state index contributed by atoms with van der Waals surface area (Å²) in [5.41, 5.74) is 4.44. The van der Waals surface area contributed by atoms with Crippen molar-refractivity contribution in [3.63, 3.8) is 0 Å². The molecule has 0 unspecified atom stereocenters. The third-order valence-electron chi connectivity index (χ3n) is 1.63. The van der Waals surface area contributed by atoms with E-state index in [0.29, 0.717) is 0 Å². The van der Waals surface area contributed by atoms with Crippen LogP contribution in [0.15, 0.2) is 23.9 Å². The molecule has 0 aliphatic carbocycles. The average Bonchev–Trinajstić information content (AvgIpc) is 2.03. The fourth-order valence-corrected chi connectivity index (χ4v) is 0.626. The summed E-state index contributed by atoms with van der Waals surface area (Å²) in [6.45, 7) is 7.01. The minimum Gasteiger partial charge on any atom is -0.316 e. The van der Waals surface area contributed by atoms with Gasteiger partial charge >= 0.3 is 0 Å². The Morgan fingerprint density at radius 2 is 2.09 bits per heavy atom. The zero-order valence-corrected chi connectivity index (χ0v) is 7.89. The minimum atomic E-state index is 0.887. The van der Waals surface area contributed by atoms with E-state index in [1.165, 1.54) is 5.70 Å². The van der Waals surface area contributed by atoms with Crippen LogP contribution in [0.5, 0.6) is 0 Å². The van der Waals surface area contributed by atoms with Gasteiger partial charge in [-0.1, -0.05) is 18.2 Å². The van der Waals surface area contributed by atoms with Crippen LogP contribution in [0.3, 0.4) is 0 Å². The van der Waals surface area contributed by atoms with E-state index < -0.39 is 0 Å². The van der Waals surface area contributed by atoms with Crippen molar-refractivity contribution >= 4 is 0 Å². The lowest BCUT2D eigenvalue weighted by atomic mass is 10.4. The molecule has 0 aromatic heterocycles. The Morgan fingerprint density at radius 3 is 2.55 bits per heavy atom. The van der Waals surface area contributed by atoms with Crippen molar-refractivity contribution in [3.8, 4) is 0 Å². The van der Waals surface area contributed by atoms with E-state index in [0.717, 1.165) is 6.54 Å². The lowest BCUT2D eigenvalue weighted by molar-refractivity contribution is 0.316. The molecule has 0 aromatic carbocycles. The van der Waals surface area contributed by atoms with Gasteiger partial charge in [-0.05, 0) is 20.8 Å². The summed E-state index contributed by atoms with van der Waals surface area (Å²) in [6.07, 6.45) is 6.19. The Balaban J connectivity index is 3.60. The second kappa shape index (κ2) is 5.98. The van der Waals surface area contributed by atoms with Gasteiger partial charge in [-0.25, -0.2) is 5.43 Å². The largest absolute Gasteiger partial charge is 0.316 e. The molecule has 0 rings (SSSR count). The number of nitrogens with one attached hydrogen (secondary N) is 1. The molecular weight excluding hydrogens is 136 g/mol. The quantitative estimate of drug-likeness (QED) is 0.491. The van der Waals surface area contributed by atoms with E-state index in [9.17, 15) is 0 Å². The van der Waals surface area contributed by atoms with E-state index in [4.69, 9.17) is 0 Å². The highest BCUT2D eigenvalue weighted by Gasteiger charge is 1.92. The van der Waals surface area contributed by atoms with Crippen molar-refractivity contribution in [2.75, 3.05) is 13.6 Å². The number of hydrogen-bond acceptors (Lipinski definition) is 2. The molecule has 0 bridgehead atoms. The highest BCUT2D eigenvalue weighted by Crippen LogP contribution is 1.93. The Morgan fingerprint density at radius 1 is 1.45 bits per heavy atom. The Labute approximate surface area is 69.6 Å². The predicted octanol–water partition coefficient (Wildman–Crippen LogP) is 1.92. The van der Waals surface area contributed by atoms with E-state index >= 15 is 0 Å². The van der Waals surface area contributed by atoms with Crippen LogP contribution in [0.2, 0.25) is 0 Å². The molecule has 0 fully saturated rings. The highest BCUT2D eigenvalue weighted by molar-refractivity contribution is 4.92. The lowest BCUT2D eigenvalue weighted by Gasteiger charge is -2.19. The number of hydrazine groups is 1. The summed E-state index contributed by atoms with van der Waals surface area (Å²) in [6, 6.07) is 0. The number of allylic oxidation sites excluding steroid dienone is 3. The van der Waals surface area contributed by atoms with E-state index in [-0.39, 0.29) is 0 Å². The summed E-state index contributed by atoms with van der Waals surface area (Å²) >= 11 is 0. The molecular formula is C9H18N2. The van der Waals surface area contributed by atoms with Gasteiger partial charge in [0.25, 0.3) is 0 Å². The molecule has 0 saturated heterocycles. The number of nitrogens with zero attached hydrogens (tertiary/aromatic N) is 1. The first kappa shape index (κ1) is 10.2. The molecule has 0 atom stereocenters. The van der Waals surface area contributed by atoms with Crippen molar-refractivity contribution in [2.24, 2.45) is 0 Å². The van der Waals surface area contributed by atoms with Crippen molar-refractivity contribution < 1.29 is 0 Å². The van der Waals surface area contributed by atoms with Gasteiger partial charge in [-0.2, -0.15) is 0 Å². The third kappa shape index (κ3) is 4.62. The number of rotatable bonds is 4. The van der Waals surface area contributed by atoms with Gasteiger partial charge in [0.2, 0.25) is 0 Å². The van der Waals surface area contributed by atoms with Gasteiger partial charge in [0.15, 0.2) is 0 Å². The molecule has 0 aliphatic heterocycles. The van der Waals surface area contributed by atoms with Crippen molar-refractivity contribution in [1.82, 2.24) is 10.4 Å². The average molecular weight is 154 g/mol. The van der Waals surface area contributed by atoms with E-state index in [1.54, 1.807) is 0 Å². The molecule has 64 valence electrons. The zero-order valence-electron chi connectivity index (χ0n) is 7.89. The predicted molar refractivity (Wildman–Crippen MR) is 50.0 cm³/mol. The summed E-state index contributed by atoms with van der Waals surface area (Å²) in [4.78, 5) is 0. The first-order chi connectivity index (χ1) is 5.22. The van der Waals surface area contributed by atoms with Gasteiger partial charge in [-0.15, -0.1) is 0 Å². The Hall–Kier alpha value is -0.760. The molecule has 0 aliphatic rings. The van der Waals surface area contributed by atoms with Gasteiger partial charge in [-0.3, -0.25) is 0 Å². The van der Waals surface area contributed by atoms with Crippen LogP contribution in [0.1, 0.15) is 20.8 Å². The van der Waals surface area contributed by atoms with E-state index in [1.807, 2.05) is 32.0 Å². The van der Waals surface area contributed by atoms with Crippen molar-refractivity contribution in [1.29, 1.82) is 0 Å². The molecule has 0 radical (unpaired) electrons. The third-order valence-corrected chi connectivity index (χ3v) is 1.63. The zero-order chi connectivity index (χ0) is 8.69. The first-order valence-corrected chi connectivity index (χ1v) is 3.93. The second-order valence-corrected chi connectivity index (χ2v) is 2.42. The molecule has 11 heavy (non-hydrogen) atoms. The molecule has 0 saturated carbocycles. The maximum atomic E-state index is 3.21. The van der Waals surface area contributed by atoms with Crippen LogP contribution in [-0.2, 0) is 0 Å². The van der Waals surface area contributed by atoms with Crippen LogP contribution in [0.25, 0.3) is 0 Å². The fourth-order valence-electron chi connectivity index (χ4n) is 0.626. The normalized spacial score (nSPS) is 12.5. The number of hydrogen-bond donors (Lipinski definition) is 1. The smallest absolute Gasteiger partial charge is 0.0330 e. The Kier molecular flexibility index (Phi) is 5.57. The van der Waals surface area contributed by atoms with E-state index in [2.05, 4.69) is 24.5 Å². The summed E-state index contributed by atoms with van der Waals surface area (Å²) < 4.78 is 0.